The molecule has 0 unspecified atom stereocenters. The quantitative estimate of drug-likeness (QED) is 0.533. The molecular weight excluding hydrogens is 166 g/mol. The molecule has 0 heterocycles. The largest absolute Gasteiger partial charge is 0.478 e. The van der Waals surface area contributed by atoms with Gasteiger partial charge < -0.3 is 10.8 Å². The highest BCUT2D eigenvalue weighted by Gasteiger charge is 2.09. The van der Waals surface area contributed by atoms with Gasteiger partial charge in [0.1, 0.15) is 0 Å². The van der Waals surface area contributed by atoms with Crippen LogP contribution < -0.4 is 5.73 Å². The molecule has 13 heavy (non-hydrogen) atoms. The maximum atomic E-state index is 10.6. The van der Waals surface area contributed by atoms with E-state index < -0.39 is 5.97 Å². The second-order valence-electron chi connectivity index (χ2n) is 2.86. The number of aliphatic carboxylic acids is 1. The van der Waals surface area contributed by atoms with Crippen molar-refractivity contribution in [2.45, 2.75) is 6.92 Å². The number of rotatable bonds is 2. The van der Waals surface area contributed by atoms with Crippen LogP contribution in [0.1, 0.15) is 11.1 Å². The molecule has 1 rings (SSSR count). The van der Waals surface area contributed by atoms with Gasteiger partial charge in [0.25, 0.3) is 0 Å². The van der Waals surface area contributed by atoms with Gasteiger partial charge in [-0.3, -0.25) is 0 Å². The van der Waals surface area contributed by atoms with Gasteiger partial charge in [0.2, 0.25) is 0 Å². The van der Waals surface area contributed by atoms with Crippen LogP contribution in [0.2, 0.25) is 0 Å². The summed E-state index contributed by atoms with van der Waals surface area (Å²) in [6, 6.07) is 5.06. The van der Waals surface area contributed by atoms with Crippen molar-refractivity contribution in [1.82, 2.24) is 0 Å². The summed E-state index contributed by atoms with van der Waals surface area (Å²) in [5, 5.41) is 8.70. The van der Waals surface area contributed by atoms with E-state index in [1.54, 1.807) is 25.1 Å². The van der Waals surface area contributed by atoms with Gasteiger partial charge in [0.15, 0.2) is 0 Å². The predicted molar refractivity (Wildman–Crippen MR) is 52.3 cm³/mol. The van der Waals surface area contributed by atoms with E-state index in [1.807, 2.05) is 0 Å². The summed E-state index contributed by atoms with van der Waals surface area (Å²) in [5.41, 5.74) is 7.70. The van der Waals surface area contributed by atoms with E-state index >= 15 is 0 Å². The highest BCUT2D eigenvalue weighted by atomic mass is 16.4. The van der Waals surface area contributed by atoms with Crippen molar-refractivity contribution in [2.75, 3.05) is 5.73 Å². The van der Waals surface area contributed by atoms with Crippen molar-refractivity contribution in [1.29, 1.82) is 0 Å². The second-order valence-corrected chi connectivity index (χ2v) is 2.86. The maximum Gasteiger partial charge on any atom is 0.335 e. The highest BCUT2D eigenvalue weighted by Crippen LogP contribution is 2.19. The molecular formula is C10H11NO2. The molecule has 1 aromatic rings. The third-order valence-electron chi connectivity index (χ3n) is 1.83. The number of anilines is 1. The van der Waals surface area contributed by atoms with E-state index in [1.165, 1.54) is 0 Å². The van der Waals surface area contributed by atoms with E-state index in [0.717, 1.165) is 5.56 Å². The smallest absolute Gasteiger partial charge is 0.335 e. The Kier molecular flexibility index (Phi) is 2.37. The molecule has 0 fully saturated rings. The monoisotopic (exact) mass is 177 g/mol. The number of carboxylic acid groups (broad SMARTS) is 1. The Hall–Kier alpha value is -1.77. The molecule has 0 saturated carbocycles. The molecule has 0 radical (unpaired) electrons. The topological polar surface area (TPSA) is 63.3 Å². The summed E-state index contributed by atoms with van der Waals surface area (Å²) in [5.74, 6) is -1.01. The first-order chi connectivity index (χ1) is 6.02. The van der Waals surface area contributed by atoms with Gasteiger partial charge in [-0.15, -0.1) is 0 Å². The van der Waals surface area contributed by atoms with Crippen LogP contribution in [0.3, 0.4) is 0 Å². The molecule has 0 aliphatic heterocycles. The maximum absolute atomic E-state index is 10.6. The minimum absolute atomic E-state index is 0.0949. The van der Waals surface area contributed by atoms with E-state index in [9.17, 15) is 4.79 Å². The first-order valence-corrected chi connectivity index (χ1v) is 3.81. The van der Waals surface area contributed by atoms with Gasteiger partial charge in [-0.1, -0.05) is 12.6 Å². The summed E-state index contributed by atoms with van der Waals surface area (Å²) < 4.78 is 0. The van der Waals surface area contributed by atoms with Crippen LogP contribution in [0.4, 0.5) is 5.69 Å². The number of hydrogen-bond acceptors (Lipinski definition) is 2. The Balaban J connectivity index is 3.16. The Bertz CT molecular complexity index is 369. The first-order valence-electron chi connectivity index (χ1n) is 3.81. The van der Waals surface area contributed by atoms with E-state index in [-0.39, 0.29) is 5.57 Å². The van der Waals surface area contributed by atoms with Gasteiger partial charge in [0.05, 0.1) is 5.57 Å². The van der Waals surface area contributed by atoms with Crippen LogP contribution in [0.5, 0.6) is 0 Å². The number of nitrogens with two attached hydrogens (primary N) is 1. The van der Waals surface area contributed by atoms with Crippen LogP contribution in [0.15, 0.2) is 24.8 Å². The van der Waals surface area contributed by atoms with Crippen LogP contribution >= 0.6 is 0 Å². The van der Waals surface area contributed by atoms with E-state index in [4.69, 9.17) is 10.8 Å². The minimum atomic E-state index is -1.01. The van der Waals surface area contributed by atoms with E-state index in [0.29, 0.717) is 11.3 Å². The molecule has 0 amide bonds. The van der Waals surface area contributed by atoms with Crippen LogP contribution in [0, 0.1) is 6.92 Å². The van der Waals surface area contributed by atoms with Gasteiger partial charge >= 0.3 is 5.97 Å². The molecule has 1 aromatic carbocycles. The van der Waals surface area contributed by atoms with Gasteiger partial charge in [-0.2, -0.15) is 0 Å². The standard InChI is InChI=1S/C10H11NO2/c1-6-5-8(11)3-4-9(6)7(2)10(12)13/h3-5H,2,11H2,1H3,(H,12,13). The summed E-state index contributed by atoms with van der Waals surface area (Å²) in [4.78, 5) is 10.6. The van der Waals surface area contributed by atoms with Crippen molar-refractivity contribution < 1.29 is 9.90 Å². The Morgan fingerprint density at radius 1 is 1.54 bits per heavy atom. The molecule has 0 aliphatic carbocycles. The lowest BCUT2D eigenvalue weighted by Gasteiger charge is -2.05. The number of carboxylic acids is 1. The van der Waals surface area contributed by atoms with Gasteiger partial charge in [-0.25, -0.2) is 4.79 Å². The first kappa shape index (κ1) is 9.32. The van der Waals surface area contributed by atoms with Crippen molar-refractivity contribution in [2.24, 2.45) is 0 Å². The highest BCUT2D eigenvalue weighted by molar-refractivity contribution is 6.14. The zero-order valence-electron chi connectivity index (χ0n) is 7.37. The van der Waals surface area contributed by atoms with Crippen molar-refractivity contribution in [3.8, 4) is 0 Å². The summed E-state index contributed by atoms with van der Waals surface area (Å²) in [6.45, 7) is 5.28. The molecule has 0 aliphatic rings. The van der Waals surface area contributed by atoms with Crippen LogP contribution in [0.25, 0.3) is 5.57 Å². The minimum Gasteiger partial charge on any atom is -0.478 e. The lowest BCUT2D eigenvalue weighted by atomic mass is 10.0. The molecule has 0 aromatic heterocycles. The number of hydrogen-bond donors (Lipinski definition) is 2. The molecule has 0 atom stereocenters. The molecule has 3 heteroatoms. The summed E-state index contributed by atoms with van der Waals surface area (Å²) in [6.07, 6.45) is 0. The van der Waals surface area contributed by atoms with Gasteiger partial charge in [-0.05, 0) is 30.2 Å². The fraction of sp³-hybridized carbons (Fsp3) is 0.100. The van der Waals surface area contributed by atoms with Crippen LogP contribution in [-0.2, 0) is 4.79 Å². The molecule has 3 nitrogen and oxygen atoms in total. The molecule has 68 valence electrons. The van der Waals surface area contributed by atoms with Crippen molar-refractivity contribution in [3.05, 3.63) is 35.9 Å². The third-order valence-corrected chi connectivity index (χ3v) is 1.83. The molecule has 0 spiro atoms. The number of aryl methyl sites for hydroxylation is 1. The summed E-state index contributed by atoms with van der Waals surface area (Å²) in [7, 11) is 0. The number of carbonyl (C=O) groups is 1. The zero-order chi connectivity index (χ0) is 10.0. The molecule has 3 N–H and O–H groups in total. The Labute approximate surface area is 76.5 Å². The zero-order valence-corrected chi connectivity index (χ0v) is 7.37. The Morgan fingerprint density at radius 2 is 2.15 bits per heavy atom. The van der Waals surface area contributed by atoms with Crippen molar-refractivity contribution >= 4 is 17.2 Å². The Morgan fingerprint density at radius 3 is 2.62 bits per heavy atom. The van der Waals surface area contributed by atoms with Crippen molar-refractivity contribution in [3.63, 3.8) is 0 Å². The molecule has 0 bridgehead atoms. The SMILES string of the molecule is C=C(C(=O)O)c1ccc(N)cc1C. The summed E-state index contributed by atoms with van der Waals surface area (Å²) >= 11 is 0. The normalized spacial score (nSPS) is 9.62. The fourth-order valence-corrected chi connectivity index (χ4v) is 1.14. The number of nitrogen functional groups attached to an aromatic ring is 1. The van der Waals surface area contributed by atoms with E-state index in [2.05, 4.69) is 6.58 Å². The van der Waals surface area contributed by atoms with Gasteiger partial charge in [0, 0.05) is 5.69 Å². The lowest BCUT2D eigenvalue weighted by molar-refractivity contribution is -0.130. The third kappa shape index (κ3) is 1.87. The second kappa shape index (κ2) is 3.31. The molecule has 0 saturated heterocycles. The fourth-order valence-electron chi connectivity index (χ4n) is 1.14. The lowest BCUT2D eigenvalue weighted by Crippen LogP contribution is -2.00. The average molecular weight is 177 g/mol. The number of benzene rings is 1. The predicted octanol–water partition coefficient (Wildman–Crippen LogP) is 1.68. The average Bonchev–Trinajstić information content (AvgIpc) is 2.03. The van der Waals surface area contributed by atoms with Crippen LogP contribution in [-0.4, -0.2) is 11.1 Å².